The lowest BCUT2D eigenvalue weighted by Gasteiger charge is -2.43. The quantitative estimate of drug-likeness (QED) is 0.111. The number of ether oxygens (including phenoxy) is 6. The van der Waals surface area contributed by atoms with Gasteiger partial charge in [-0.05, 0) is 37.8 Å². The van der Waals surface area contributed by atoms with Gasteiger partial charge in [-0.1, -0.05) is 70.4 Å². The van der Waals surface area contributed by atoms with Crippen molar-refractivity contribution >= 4 is 39.4 Å². The summed E-state index contributed by atoms with van der Waals surface area (Å²) < 4.78 is 35.7. The van der Waals surface area contributed by atoms with Crippen LogP contribution in [-0.4, -0.2) is 121 Å². The van der Waals surface area contributed by atoms with Crippen LogP contribution >= 0.6 is 21.6 Å². The Balaban J connectivity index is 1.52. The monoisotopic (exact) mass is 784 g/mol. The van der Waals surface area contributed by atoms with Gasteiger partial charge in [-0.25, -0.2) is 9.59 Å². The number of ketones is 1. The first-order chi connectivity index (χ1) is 26.0. The van der Waals surface area contributed by atoms with Gasteiger partial charge in [-0.3, -0.25) is 10.1 Å². The second-order valence-electron chi connectivity index (χ2n) is 12.7. The number of fused-ring (bicyclic) bond motifs is 2. The van der Waals surface area contributed by atoms with Crippen LogP contribution in [0.1, 0.15) is 43.5 Å². The number of aliphatic hydroxyl groups excluding tert-OH is 1. The number of amides is 1. The van der Waals surface area contributed by atoms with Crippen molar-refractivity contribution in [3.8, 4) is 23.7 Å². The average Bonchev–Trinajstić information content (AvgIpc) is 3.14. The van der Waals surface area contributed by atoms with Crippen LogP contribution in [0.25, 0.3) is 0 Å². The molecule has 2 aliphatic heterocycles. The largest absolute Gasteiger partial charge is 0.478 e. The molecule has 5 rings (SSSR count). The van der Waals surface area contributed by atoms with Crippen LogP contribution in [0.3, 0.4) is 0 Å². The second-order valence-corrected chi connectivity index (χ2v) is 15.1. The third-order valence-electron chi connectivity index (χ3n) is 9.01. The average molecular weight is 785 g/mol. The van der Waals surface area contributed by atoms with E-state index < -0.39 is 66.9 Å². The van der Waals surface area contributed by atoms with Crippen LogP contribution < -0.4 is 10.6 Å². The number of aromatic carboxylic acids is 1. The molecule has 0 saturated carbocycles. The van der Waals surface area contributed by atoms with E-state index >= 15 is 0 Å². The topological polar surface area (TPSA) is 191 Å². The van der Waals surface area contributed by atoms with Crippen LogP contribution in [0.5, 0.6) is 0 Å². The molecule has 54 heavy (non-hydrogen) atoms. The number of carbonyl (C=O) groups is 3. The number of allylic oxidation sites excluding steroid dienone is 3. The van der Waals surface area contributed by atoms with Crippen LogP contribution in [0.15, 0.2) is 64.2 Å². The van der Waals surface area contributed by atoms with Crippen molar-refractivity contribution in [3.63, 3.8) is 0 Å². The lowest BCUT2D eigenvalue weighted by atomic mass is 9.75. The summed E-state index contributed by atoms with van der Waals surface area (Å²) in [5.41, 5.74) is -2.01. The molecule has 14 nitrogen and oxygen atoms in total. The fourth-order valence-electron chi connectivity index (χ4n) is 6.49. The van der Waals surface area contributed by atoms with Gasteiger partial charge in [0.25, 0.3) is 0 Å². The van der Waals surface area contributed by atoms with Crippen molar-refractivity contribution in [3.05, 3.63) is 64.9 Å². The predicted octanol–water partition coefficient (Wildman–Crippen LogP) is 2.95. The van der Waals surface area contributed by atoms with Crippen molar-refractivity contribution in [1.29, 1.82) is 0 Å². The Morgan fingerprint density at radius 2 is 1.93 bits per heavy atom. The Morgan fingerprint density at radius 3 is 2.67 bits per heavy atom. The summed E-state index contributed by atoms with van der Waals surface area (Å²) >= 11 is 0. The van der Waals surface area contributed by atoms with Crippen molar-refractivity contribution in [2.45, 2.75) is 92.7 Å². The summed E-state index contributed by atoms with van der Waals surface area (Å²) in [6, 6.07) is 6.49. The summed E-state index contributed by atoms with van der Waals surface area (Å²) in [4.78, 5) is 38.7. The Hall–Kier alpha value is -3.65. The third-order valence-corrected chi connectivity index (χ3v) is 11.3. The lowest BCUT2D eigenvalue weighted by Crippen LogP contribution is -2.56. The van der Waals surface area contributed by atoms with E-state index in [2.05, 4.69) is 34.3 Å². The molecule has 1 amide bonds. The molecule has 9 atom stereocenters. The molecule has 0 unspecified atom stereocenters. The molecule has 290 valence electrons. The van der Waals surface area contributed by atoms with Crippen molar-refractivity contribution in [2.24, 2.45) is 0 Å². The highest BCUT2D eigenvalue weighted by atomic mass is 33.1. The van der Waals surface area contributed by atoms with Gasteiger partial charge in [0.05, 0.1) is 55.8 Å². The molecule has 0 radical (unpaired) electrons. The number of Topliss-reactive ketones (excluding diaryl/α,β-unsaturated/α-hetero) is 1. The van der Waals surface area contributed by atoms with Gasteiger partial charge in [0.15, 0.2) is 24.0 Å². The number of hydrogen-bond donors (Lipinski definition) is 5. The molecule has 16 heteroatoms. The molecule has 2 fully saturated rings. The zero-order valence-corrected chi connectivity index (χ0v) is 31.9. The van der Waals surface area contributed by atoms with E-state index in [1.165, 1.54) is 39.8 Å². The molecule has 2 aliphatic carbocycles. The number of carboxylic acid groups (broad SMARTS) is 1. The first-order valence-electron chi connectivity index (χ1n) is 17.4. The molecule has 0 spiro atoms. The number of rotatable bonds is 13. The van der Waals surface area contributed by atoms with Gasteiger partial charge in [0.1, 0.15) is 12.2 Å². The fourth-order valence-corrected chi connectivity index (χ4v) is 8.52. The maximum atomic E-state index is 13.8. The van der Waals surface area contributed by atoms with E-state index in [-0.39, 0.29) is 46.7 Å². The summed E-state index contributed by atoms with van der Waals surface area (Å²) in [5.74, 6) is 9.81. The van der Waals surface area contributed by atoms with Crippen molar-refractivity contribution in [2.75, 3.05) is 33.1 Å². The minimum atomic E-state index is -2.05. The Kier molecular flexibility index (Phi) is 14.8. The number of alkyl carbamates (subject to hydrolysis) is 1. The highest BCUT2D eigenvalue weighted by Crippen LogP contribution is 2.41. The molecule has 5 N–H and O–H groups in total. The van der Waals surface area contributed by atoms with Crippen LogP contribution in [0, 0.1) is 23.7 Å². The Morgan fingerprint density at radius 1 is 1.15 bits per heavy atom. The summed E-state index contributed by atoms with van der Waals surface area (Å²) in [5, 5.41) is 38.9. The molecule has 1 aromatic carbocycles. The van der Waals surface area contributed by atoms with Crippen molar-refractivity contribution < 1.29 is 58.1 Å². The number of carbonyl (C=O) groups excluding carboxylic acids is 2. The maximum Gasteiger partial charge on any atom is 0.411 e. The van der Waals surface area contributed by atoms with E-state index in [0.29, 0.717) is 17.9 Å². The molecule has 2 saturated heterocycles. The number of nitrogens with one attached hydrogen (secondary N) is 2. The third kappa shape index (κ3) is 10.1. The minimum Gasteiger partial charge on any atom is -0.478 e. The maximum absolute atomic E-state index is 13.8. The van der Waals surface area contributed by atoms with E-state index in [9.17, 15) is 29.7 Å². The first kappa shape index (κ1) is 41.5. The molecule has 0 aromatic heterocycles. The molecular weight excluding hydrogens is 741 g/mol. The summed E-state index contributed by atoms with van der Waals surface area (Å²) in [6.45, 7) is 4.77. The zero-order valence-electron chi connectivity index (χ0n) is 30.2. The van der Waals surface area contributed by atoms with Gasteiger partial charge in [0, 0.05) is 41.7 Å². The highest BCUT2D eigenvalue weighted by Gasteiger charge is 2.48. The van der Waals surface area contributed by atoms with E-state index in [1.54, 1.807) is 38.3 Å². The Labute approximate surface area is 321 Å². The summed E-state index contributed by atoms with van der Waals surface area (Å²) in [7, 11) is 5.24. The van der Waals surface area contributed by atoms with Gasteiger partial charge < -0.3 is 49.1 Å². The number of methoxy groups -OCH3 is 2. The van der Waals surface area contributed by atoms with Crippen LogP contribution in [-0.2, 0) is 33.2 Å². The molecule has 2 bridgehead atoms. The number of carboxylic acids is 1. The van der Waals surface area contributed by atoms with Crippen LogP contribution in [0.4, 0.5) is 4.79 Å². The SMILES string of the molecule is CCN[C@H]1CO[C@@H](O[C@H]2[C@H](O[C@H]3C#C/C=C\C#C[C@]4(O)CC(=O)C(NC(=O)OC)=C3/C4=C\CSSc3ccccc3C(=O)O)O[C@H](C)C[C@@H]2O)C[C@@H]1OC. The number of hydrogen-bond acceptors (Lipinski definition) is 14. The lowest BCUT2D eigenvalue weighted by molar-refractivity contribution is -0.319. The van der Waals surface area contributed by atoms with Gasteiger partial charge in [0.2, 0.25) is 0 Å². The van der Waals surface area contributed by atoms with Gasteiger partial charge >= 0.3 is 12.1 Å². The standard InChI is InChI=1S/C38H44N2O12S2/c1-5-39-25-21-49-31(19-29(25)47-3)52-34-26(41)18-22(2)50-36(34)51-28-13-8-6-7-11-16-38(46)20-27(42)33(40-37(45)48-4)32(28)24(38)15-17-53-54-30-14-10-9-12-23(30)35(43)44/h6-7,9-10,12,14-15,22,25-26,28-29,31,34,36,39,41,46H,5,17-21H2,1-4H3,(H,40,45)(H,43,44)/b7-6-,24-15+/t22-,25+,26+,28+,29+,31+,34-,36+,38+/m1/s1. The molecule has 2 heterocycles. The normalized spacial score (nSPS) is 32.1. The van der Waals surface area contributed by atoms with E-state index in [1.807, 2.05) is 6.92 Å². The van der Waals surface area contributed by atoms with Gasteiger partial charge in [-0.15, -0.1) is 0 Å². The smallest absolute Gasteiger partial charge is 0.411 e. The fraction of sp³-hybridized carbons (Fsp3) is 0.500. The molecule has 1 aromatic rings. The molecule has 4 aliphatic rings. The first-order valence-corrected chi connectivity index (χ1v) is 19.7. The Bertz CT molecular complexity index is 1780. The number of aliphatic hydroxyl groups is 2. The van der Waals surface area contributed by atoms with Crippen molar-refractivity contribution in [1.82, 2.24) is 10.6 Å². The van der Waals surface area contributed by atoms with Crippen LogP contribution in [0.2, 0.25) is 0 Å². The molecular formula is C38H44N2O12S2. The summed E-state index contributed by atoms with van der Waals surface area (Å²) in [6.07, 6.45) is -2.65. The predicted molar refractivity (Wildman–Crippen MR) is 199 cm³/mol. The number of likely N-dealkylation sites (N-methyl/N-ethyl adjacent to an activating group) is 1. The second kappa shape index (κ2) is 19.3. The number of benzene rings is 1. The minimum absolute atomic E-state index is 0.00435. The highest BCUT2D eigenvalue weighted by molar-refractivity contribution is 8.76. The zero-order chi connectivity index (χ0) is 38.8. The van der Waals surface area contributed by atoms with Gasteiger partial charge in [-0.2, -0.15) is 0 Å². The van der Waals surface area contributed by atoms with E-state index in [0.717, 1.165) is 13.7 Å². The van der Waals surface area contributed by atoms with E-state index in [4.69, 9.17) is 28.4 Å².